The highest BCUT2D eigenvalue weighted by molar-refractivity contribution is 7.99. The summed E-state index contributed by atoms with van der Waals surface area (Å²) in [5.74, 6) is -3.37. The van der Waals surface area contributed by atoms with Gasteiger partial charge in [-0.3, -0.25) is 4.79 Å². The largest absolute Gasteiger partial charge is 0.341 e. The van der Waals surface area contributed by atoms with Crippen LogP contribution in [0.25, 0.3) is 0 Å². The van der Waals surface area contributed by atoms with Crippen LogP contribution >= 0.6 is 23.1 Å². The topological polar surface area (TPSA) is 54.5 Å². The van der Waals surface area contributed by atoms with Crippen molar-refractivity contribution in [2.45, 2.75) is 22.3 Å². The molecule has 1 amide bonds. The second kappa shape index (κ2) is 8.06. The average molecular weight is 418 g/mol. The Morgan fingerprint density at radius 2 is 1.92 bits per heavy atom. The van der Waals surface area contributed by atoms with Gasteiger partial charge in [0.25, 0.3) is 5.91 Å². The summed E-state index contributed by atoms with van der Waals surface area (Å²) in [6.45, 7) is 0.909. The Kier molecular flexibility index (Phi) is 5.99. The molecule has 1 aliphatic heterocycles. The van der Waals surface area contributed by atoms with Crippen molar-refractivity contribution in [1.29, 1.82) is 0 Å². The van der Waals surface area contributed by atoms with Crippen molar-refractivity contribution in [2.75, 3.05) is 18.8 Å². The summed E-state index contributed by atoms with van der Waals surface area (Å²) in [6.07, 6.45) is 0.737. The van der Waals surface area contributed by atoms with Crippen LogP contribution in [0.2, 0.25) is 0 Å². The summed E-state index contributed by atoms with van der Waals surface area (Å²) >= 11 is 3.42. The van der Waals surface area contributed by atoms with Crippen molar-refractivity contribution in [3.8, 4) is 0 Å². The molecule has 0 bridgehead atoms. The number of benzene rings is 1. The molecule has 0 radical (unpaired) electrons. The fourth-order valence-electron chi connectivity index (χ4n) is 2.83. The van der Waals surface area contributed by atoms with Gasteiger partial charge in [0.15, 0.2) is 0 Å². The molecule has 1 aliphatic rings. The zero-order valence-corrected chi connectivity index (χ0v) is 16.1. The van der Waals surface area contributed by atoms with E-state index in [2.05, 4.69) is 6.07 Å². The maximum Gasteiger partial charge on any atom is 0.341 e. The summed E-state index contributed by atoms with van der Waals surface area (Å²) in [4.78, 5) is 15.0. The van der Waals surface area contributed by atoms with Crippen molar-refractivity contribution in [1.82, 2.24) is 4.90 Å². The van der Waals surface area contributed by atoms with Gasteiger partial charge in [-0.05, 0) is 30.0 Å². The number of hydrogen-bond acceptors (Lipinski definition) is 5. The van der Waals surface area contributed by atoms with Gasteiger partial charge in [-0.25, -0.2) is 8.42 Å². The summed E-state index contributed by atoms with van der Waals surface area (Å²) in [5, 5.41) is 2.29. The summed E-state index contributed by atoms with van der Waals surface area (Å²) in [7, 11) is -4.83. The Bertz CT molecular complexity index is 869. The maximum absolute atomic E-state index is 12.9. The van der Waals surface area contributed by atoms with Crippen LogP contribution < -0.4 is 0 Å². The Balaban J connectivity index is 1.82. The van der Waals surface area contributed by atoms with Crippen LogP contribution in [0.5, 0.6) is 0 Å². The van der Waals surface area contributed by atoms with Crippen LogP contribution in [0.3, 0.4) is 0 Å². The molecular formula is C17H17F2NO3S3. The molecule has 1 atom stereocenters. The van der Waals surface area contributed by atoms with Crippen molar-refractivity contribution in [3.63, 3.8) is 0 Å². The van der Waals surface area contributed by atoms with Crippen molar-refractivity contribution >= 4 is 38.8 Å². The van der Waals surface area contributed by atoms with E-state index in [9.17, 15) is 22.0 Å². The summed E-state index contributed by atoms with van der Waals surface area (Å²) in [5.41, 5.74) is -0.188. The minimum Gasteiger partial charge on any atom is -0.338 e. The van der Waals surface area contributed by atoms with Gasteiger partial charge in [-0.1, -0.05) is 18.2 Å². The zero-order chi connectivity index (χ0) is 18.7. The highest BCUT2D eigenvalue weighted by atomic mass is 32.2. The molecule has 0 saturated carbocycles. The van der Waals surface area contributed by atoms with E-state index < -0.39 is 26.4 Å². The van der Waals surface area contributed by atoms with Crippen molar-refractivity contribution in [3.05, 3.63) is 52.2 Å². The molecule has 0 N–H and O–H groups in total. The highest BCUT2D eigenvalue weighted by Gasteiger charge is 2.32. The number of alkyl halides is 2. The molecule has 3 rings (SSSR count). The average Bonchev–Trinajstić information content (AvgIpc) is 3.05. The minimum atomic E-state index is -4.83. The third-order valence-electron chi connectivity index (χ3n) is 4.15. The van der Waals surface area contributed by atoms with Crippen LogP contribution in [0.15, 0.2) is 46.7 Å². The number of carbonyl (C=O) groups excluding carboxylic acids is 1. The minimum absolute atomic E-state index is 0.188. The van der Waals surface area contributed by atoms with Crippen LogP contribution in [-0.4, -0.2) is 43.8 Å². The number of nitrogens with zero attached hydrogens (tertiary/aromatic N) is 1. The second-order valence-electron chi connectivity index (χ2n) is 5.76. The quantitative estimate of drug-likeness (QED) is 0.753. The normalized spacial score (nSPS) is 18.7. The molecule has 1 aromatic heterocycles. The standard InChI is InChI=1S/C17H17F2NO3S3/c18-17(19)26(22,23)15-6-2-1-4-12(15)16(21)20-8-7-14(25-11-9-20)13-5-3-10-24-13/h1-6,10,14,17H,7-9,11H2/t14-/m0/s1. The van der Waals surface area contributed by atoms with E-state index in [1.807, 2.05) is 11.4 Å². The van der Waals surface area contributed by atoms with Crippen molar-refractivity contribution in [2.24, 2.45) is 0 Å². The van der Waals surface area contributed by atoms with Gasteiger partial charge >= 0.3 is 5.76 Å². The first-order valence-corrected chi connectivity index (χ1v) is 11.4. The molecule has 0 spiro atoms. The van der Waals surface area contributed by atoms with Gasteiger partial charge in [0.05, 0.1) is 10.5 Å². The number of carbonyl (C=O) groups is 1. The van der Waals surface area contributed by atoms with Crippen LogP contribution in [0.4, 0.5) is 8.78 Å². The van der Waals surface area contributed by atoms with Gasteiger partial charge in [-0.15, -0.1) is 11.3 Å². The second-order valence-corrected chi connectivity index (χ2v) is 9.93. The lowest BCUT2D eigenvalue weighted by atomic mass is 10.1. The predicted octanol–water partition coefficient (Wildman–Crippen LogP) is 4.06. The number of halogens is 2. The van der Waals surface area contributed by atoms with E-state index in [4.69, 9.17) is 0 Å². The highest BCUT2D eigenvalue weighted by Crippen LogP contribution is 2.37. The number of rotatable bonds is 4. The van der Waals surface area contributed by atoms with Crippen LogP contribution in [-0.2, 0) is 9.84 Å². The first-order valence-electron chi connectivity index (χ1n) is 7.96. The van der Waals surface area contributed by atoms with E-state index in [0.717, 1.165) is 12.5 Å². The molecule has 1 saturated heterocycles. The summed E-state index contributed by atoms with van der Waals surface area (Å²) < 4.78 is 49.7. The molecule has 0 aliphatic carbocycles. The van der Waals surface area contributed by atoms with Gasteiger partial charge in [-0.2, -0.15) is 20.5 Å². The van der Waals surface area contributed by atoms with Gasteiger partial charge in [0.2, 0.25) is 9.84 Å². The monoisotopic (exact) mass is 417 g/mol. The summed E-state index contributed by atoms with van der Waals surface area (Å²) in [6, 6.07) is 9.24. The smallest absolute Gasteiger partial charge is 0.338 e. The van der Waals surface area contributed by atoms with E-state index in [1.165, 1.54) is 23.1 Å². The Morgan fingerprint density at radius 3 is 2.62 bits per heavy atom. The maximum atomic E-state index is 12.9. The lowest BCUT2D eigenvalue weighted by Gasteiger charge is -2.21. The van der Waals surface area contributed by atoms with E-state index >= 15 is 0 Å². The number of thioether (sulfide) groups is 1. The van der Waals surface area contributed by atoms with Gasteiger partial charge < -0.3 is 4.90 Å². The van der Waals surface area contributed by atoms with E-state index in [-0.39, 0.29) is 10.8 Å². The number of amides is 1. The Hall–Kier alpha value is -1.45. The fraction of sp³-hybridized carbons (Fsp3) is 0.353. The molecule has 1 fully saturated rings. The van der Waals surface area contributed by atoms with Crippen LogP contribution in [0.1, 0.15) is 26.9 Å². The Morgan fingerprint density at radius 1 is 1.15 bits per heavy atom. The van der Waals surface area contributed by atoms with Gasteiger partial charge in [0, 0.05) is 29.0 Å². The number of thiophene rings is 1. The molecule has 2 aromatic rings. The molecule has 140 valence electrons. The third-order valence-corrected chi connectivity index (χ3v) is 8.03. The molecule has 26 heavy (non-hydrogen) atoms. The molecular weight excluding hydrogens is 400 g/mol. The van der Waals surface area contributed by atoms with Gasteiger partial charge in [0.1, 0.15) is 0 Å². The third kappa shape index (κ3) is 3.94. The van der Waals surface area contributed by atoms with E-state index in [0.29, 0.717) is 18.8 Å². The zero-order valence-electron chi connectivity index (χ0n) is 13.7. The first-order chi connectivity index (χ1) is 12.4. The molecule has 2 heterocycles. The fourth-order valence-corrected chi connectivity index (χ4v) is 5.99. The molecule has 9 heteroatoms. The Labute approximate surface area is 159 Å². The van der Waals surface area contributed by atoms with E-state index in [1.54, 1.807) is 28.0 Å². The lowest BCUT2D eigenvalue weighted by molar-refractivity contribution is 0.0762. The SMILES string of the molecule is O=C(c1ccccc1S(=O)(=O)C(F)F)N1CCS[C@H](c2cccs2)CC1. The lowest BCUT2D eigenvalue weighted by Crippen LogP contribution is -2.34. The molecule has 0 unspecified atom stereocenters. The molecule has 4 nitrogen and oxygen atoms in total. The molecule has 1 aromatic carbocycles. The van der Waals surface area contributed by atoms with Crippen LogP contribution in [0, 0.1) is 0 Å². The first kappa shape index (κ1) is 19.3. The number of hydrogen-bond donors (Lipinski definition) is 0. The van der Waals surface area contributed by atoms with Crippen molar-refractivity contribution < 1.29 is 22.0 Å². The predicted molar refractivity (Wildman–Crippen MR) is 99.7 cm³/mol. The number of sulfone groups is 1.